The summed E-state index contributed by atoms with van der Waals surface area (Å²) in [7, 11) is 0. The van der Waals surface area contributed by atoms with Gasteiger partial charge in [0.2, 0.25) is 0 Å². The first-order chi connectivity index (χ1) is 9.70. The third kappa shape index (κ3) is 3.54. The zero-order valence-corrected chi connectivity index (χ0v) is 14.1. The van der Waals surface area contributed by atoms with Crippen LogP contribution < -0.4 is 5.32 Å². The minimum atomic E-state index is -0.0333. The topological polar surface area (TPSA) is 41.5 Å². The van der Waals surface area contributed by atoms with E-state index >= 15 is 0 Å². The van der Waals surface area contributed by atoms with Crippen molar-refractivity contribution in [3.63, 3.8) is 0 Å². The van der Waals surface area contributed by atoms with Crippen LogP contribution in [0.3, 0.4) is 0 Å². The van der Waals surface area contributed by atoms with E-state index in [1.54, 1.807) is 11.3 Å². The number of nitrogens with one attached hydrogen (secondary N) is 1. The maximum Gasteiger partial charge on any atom is 0.264 e. The predicted octanol–water partition coefficient (Wildman–Crippen LogP) is 4.40. The molecule has 3 nitrogen and oxygen atoms in total. The standard InChI is InChI=1S/C14H15BrN2OS2/c15-9-6-11(19-8-9)7-12-13(18)17-14(20-12)16-10-4-2-1-3-5-10/h6-8,10H,1-5H2,(H,16,17,18)/b12-7-. The Bertz CT molecular complexity index is 573. The number of carbonyl (C=O) groups is 1. The molecule has 0 bridgehead atoms. The third-order valence-corrected chi connectivity index (χ3v) is 5.95. The van der Waals surface area contributed by atoms with Gasteiger partial charge in [0.1, 0.15) is 0 Å². The highest BCUT2D eigenvalue weighted by atomic mass is 79.9. The van der Waals surface area contributed by atoms with Crippen LogP contribution in [-0.4, -0.2) is 17.1 Å². The number of thiophene rings is 1. The number of nitrogens with zero attached hydrogens (tertiary/aromatic N) is 1. The number of hydrogen-bond acceptors (Lipinski definition) is 4. The lowest BCUT2D eigenvalue weighted by molar-refractivity contribution is -0.115. The van der Waals surface area contributed by atoms with Crippen LogP contribution in [0.1, 0.15) is 37.0 Å². The fourth-order valence-electron chi connectivity index (χ4n) is 2.40. The molecule has 6 heteroatoms. The van der Waals surface area contributed by atoms with Gasteiger partial charge in [0.25, 0.3) is 5.91 Å². The number of rotatable bonds is 2. The second kappa shape index (κ2) is 6.45. The molecule has 0 spiro atoms. The van der Waals surface area contributed by atoms with Gasteiger partial charge in [-0.1, -0.05) is 19.3 Å². The lowest BCUT2D eigenvalue weighted by Gasteiger charge is -2.17. The Kier molecular flexibility index (Phi) is 4.63. The van der Waals surface area contributed by atoms with Gasteiger partial charge in [0, 0.05) is 14.7 Å². The van der Waals surface area contributed by atoms with Gasteiger partial charge in [-0.2, -0.15) is 0 Å². The van der Waals surface area contributed by atoms with Crippen molar-refractivity contribution in [2.24, 2.45) is 4.99 Å². The Labute approximate surface area is 135 Å². The molecule has 1 aromatic rings. The van der Waals surface area contributed by atoms with Crippen molar-refractivity contribution in [2.75, 3.05) is 0 Å². The first kappa shape index (κ1) is 14.4. The summed E-state index contributed by atoms with van der Waals surface area (Å²) >= 11 is 6.50. The number of carbonyl (C=O) groups excluding carboxylic acids is 1. The molecule has 106 valence electrons. The summed E-state index contributed by atoms with van der Waals surface area (Å²) in [5.74, 6) is -0.0333. The summed E-state index contributed by atoms with van der Waals surface area (Å²) in [6, 6.07) is 2.41. The van der Waals surface area contributed by atoms with Crippen molar-refractivity contribution in [1.29, 1.82) is 0 Å². The maximum absolute atomic E-state index is 11.9. The molecule has 1 N–H and O–H groups in total. The number of hydrogen-bond donors (Lipinski definition) is 1. The van der Waals surface area contributed by atoms with Crippen LogP contribution in [-0.2, 0) is 4.79 Å². The molecule has 3 rings (SSSR count). The van der Waals surface area contributed by atoms with E-state index in [1.807, 2.05) is 17.5 Å². The highest BCUT2D eigenvalue weighted by molar-refractivity contribution is 9.10. The molecular formula is C14H15BrN2OS2. The van der Waals surface area contributed by atoms with Gasteiger partial charge in [-0.15, -0.1) is 11.3 Å². The summed E-state index contributed by atoms with van der Waals surface area (Å²) in [4.78, 5) is 18.4. The quantitative estimate of drug-likeness (QED) is 0.783. The van der Waals surface area contributed by atoms with Crippen LogP contribution in [0.4, 0.5) is 0 Å². The zero-order chi connectivity index (χ0) is 13.9. The Balaban J connectivity index is 1.71. The number of amidine groups is 1. The van der Waals surface area contributed by atoms with E-state index < -0.39 is 0 Å². The molecule has 1 aliphatic heterocycles. The van der Waals surface area contributed by atoms with E-state index in [0.29, 0.717) is 6.04 Å². The molecular weight excluding hydrogens is 356 g/mol. The van der Waals surface area contributed by atoms with Gasteiger partial charge in [-0.25, -0.2) is 0 Å². The lowest BCUT2D eigenvalue weighted by Crippen LogP contribution is -2.22. The SMILES string of the molecule is O=C1NC(=NC2CCCCC2)S/C1=C\c1cc(Br)cs1. The first-order valence-corrected chi connectivity index (χ1v) is 9.22. The molecule has 20 heavy (non-hydrogen) atoms. The monoisotopic (exact) mass is 370 g/mol. The Morgan fingerprint density at radius 2 is 2.15 bits per heavy atom. The number of aliphatic imine (C=N–C) groups is 1. The minimum absolute atomic E-state index is 0.0333. The molecule has 0 unspecified atom stereocenters. The number of amides is 1. The van der Waals surface area contributed by atoms with Crippen molar-refractivity contribution in [3.05, 3.63) is 25.7 Å². The maximum atomic E-state index is 11.9. The summed E-state index contributed by atoms with van der Waals surface area (Å²) < 4.78 is 1.05. The van der Waals surface area contributed by atoms with E-state index in [-0.39, 0.29) is 5.91 Å². The predicted molar refractivity (Wildman–Crippen MR) is 90.0 cm³/mol. The van der Waals surface area contributed by atoms with E-state index in [9.17, 15) is 4.79 Å². The summed E-state index contributed by atoms with van der Waals surface area (Å²) in [5, 5.41) is 5.66. The number of halogens is 1. The van der Waals surface area contributed by atoms with Gasteiger partial charge < -0.3 is 5.32 Å². The first-order valence-electron chi connectivity index (χ1n) is 6.73. The molecule has 0 atom stereocenters. The van der Waals surface area contributed by atoms with E-state index in [1.165, 1.54) is 31.0 Å². The van der Waals surface area contributed by atoms with Gasteiger partial charge >= 0.3 is 0 Å². The van der Waals surface area contributed by atoms with E-state index in [2.05, 4.69) is 26.2 Å². The minimum Gasteiger partial charge on any atom is -0.301 e. The summed E-state index contributed by atoms with van der Waals surface area (Å²) in [6.45, 7) is 0. The average Bonchev–Trinajstić information content (AvgIpc) is 2.98. The normalized spacial score (nSPS) is 24.6. The van der Waals surface area contributed by atoms with Crippen molar-refractivity contribution in [3.8, 4) is 0 Å². The molecule has 1 saturated heterocycles. The van der Waals surface area contributed by atoms with Gasteiger partial charge in [-0.3, -0.25) is 9.79 Å². The highest BCUT2D eigenvalue weighted by Crippen LogP contribution is 2.30. The van der Waals surface area contributed by atoms with Crippen molar-refractivity contribution < 1.29 is 4.79 Å². The fraction of sp³-hybridized carbons (Fsp3) is 0.429. The summed E-state index contributed by atoms with van der Waals surface area (Å²) in [5.41, 5.74) is 0. The number of thioether (sulfide) groups is 1. The van der Waals surface area contributed by atoms with Crippen LogP contribution >= 0.6 is 39.0 Å². The van der Waals surface area contributed by atoms with Crippen LogP contribution in [0.25, 0.3) is 6.08 Å². The molecule has 1 aliphatic carbocycles. The largest absolute Gasteiger partial charge is 0.301 e. The molecule has 0 aromatic carbocycles. The van der Waals surface area contributed by atoms with Crippen LogP contribution in [0.2, 0.25) is 0 Å². The summed E-state index contributed by atoms with van der Waals surface area (Å²) in [6.07, 6.45) is 8.06. The Morgan fingerprint density at radius 1 is 1.35 bits per heavy atom. The van der Waals surface area contributed by atoms with Gasteiger partial charge in [0.05, 0.1) is 10.9 Å². The molecule has 2 fully saturated rings. The second-order valence-corrected chi connectivity index (χ2v) is 7.85. The molecule has 1 aromatic heterocycles. The van der Waals surface area contributed by atoms with Crippen LogP contribution in [0.5, 0.6) is 0 Å². The zero-order valence-electron chi connectivity index (χ0n) is 10.9. The highest BCUT2D eigenvalue weighted by Gasteiger charge is 2.25. The Morgan fingerprint density at radius 3 is 2.85 bits per heavy atom. The van der Waals surface area contributed by atoms with Gasteiger partial charge in [0.15, 0.2) is 5.17 Å². The van der Waals surface area contributed by atoms with Crippen molar-refractivity contribution >= 4 is 56.2 Å². The van der Waals surface area contributed by atoms with Crippen LogP contribution in [0.15, 0.2) is 25.8 Å². The third-order valence-electron chi connectivity index (χ3n) is 3.39. The van der Waals surface area contributed by atoms with E-state index in [4.69, 9.17) is 0 Å². The average molecular weight is 371 g/mol. The van der Waals surface area contributed by atoms with Crippen molar-refractivity contribution in [2.45, 2.75) is 38.1 Å². The second-order valence-electron chi connectivity index (χ2n) is 4.96. The molecule has 2 heterocycles. The molecule has 1 amide bonds. The smallest absolute Gasteiger partial charge is 0.264 e. The van der Waals surface area contributed by atoms with Crippen molar-refractivity contribution in [1.82, 2.24) is 5.32 Å². The fourth-order valence-corrected chi connectivity index (χ4v) is 4.73. The lowest BCUT2D eigenvalue weighted by atomic mass is 9.96. The van der Waals surface area contributed by atoms with E-state index in [0.717, 1.165) is 32.3 Å². The Hall–Kier alpha value is -0.590. The molecule has 0 radical (unpaired) electrons. The van der Waals surface area contributed by atoms with Crippen LogP contribution in [0, 0.1) is 0 Å². The molecule has 1 saturated carbocycles. The van der Waals surface area contributed by atoms with Gasteiger partial charge in [-0.05, 0) is 52.7 Å². The molecule has 2 aliphatic rings.